The minimum atomic E-state index is 0.473. The Morgan fingerprint density at radius 3 is 2.65 bits per heavy atom. The van der Waals surface area contributed by atoms with Crippen molar-refractivity contribution in [2.75, 3.05) is 0 Å². The van der Waals surface area contributed by atoms with Crippen LogP contribution in [0.5, 0.6) is 0 Å². The topological polar surface area (TPSA) is 17.1 Å². The molecule has 0 radical (unpaired) electrons. The lowest BCUT2D eigenvalue weighted by Crippen LogP contribution is -1.81. The van der Waals surface area contributed by atoms with Gasteiger partial charge < -0.3 is 4.79 Å². The van der Waals surface area contributed by atoms with Gasteiger partial charge in [0.05, 0.1) is 0 Å². The molecule has 0 bridgehead atoms. The summed E-state index contributed by atoms with van der Waals surface area (Å²) in [5.41, 5.74) is 3.45. The molecule has 1 aliphatic carbocycles. The van der Waals surface area contributed by atoms with Gasteiger partial charge in [-0.1, -0.05) is 48.0 Å². The summed E-state index contributed by atoms with van der Waals surface area (Å²) in [6, 6.07) is 7.81. The second-order valence-electron chi connectivity index (χ2n) is 3.92. The highest BCUT2D eigenvalue weighted by Gasteiger charge is 2.02. The fourth-order valence-electron chi connectivity index (χ4n) is 1.78. The Hall–Kier alpha value is -1.60. The van der Waals surface area contributed by atoms with E-state index in [1.54, 1.807) is 0 Å². The molecular weight excluding hydrogens is 232 g/mol. The summed E-state index contributed by atoms with van der Waals surface area (Å²) in [6.07, 6.45) is 10.4. The number of carbonyl (C=O) groups is 1. The molecule has 0 spiro atoms. The summed E-state index contributed by atoms with van der Waals surface area (Å²) >= 11 is 5.86. The van der Waals surface area contributed by atoms with E-state index in [0.29, 0.717) is 6.42 Å². The van der Waals surface area contributed by atoms with Crippen molar-refractivity contribution in [2.45, 2.75) is 12.8 Å². The fraction of sp³-hybridized carbons (Fsp3) is 0.133. The zero-order valence-electron chi connectivity index (χ0n) is 9.40. The van der Waals surface area contributed by atoms with E-state index in [0.717, 1.165) is 23.3 Å². The van der Waals surface area contributed by atoms with Crippen molar-refractivity contribution < 1.29 is 4.79 Å². The number of rotatable bonds is 3. The van der Waals surface area contributed by atoms with Crippen molar-refractivity contribution in [2.24, 2.45) is 0 Å². The van der Waals surface area contributed by atoms with Crippen LogP contribution in [0.25, 0.3) is 5.57 Å². The number of hydrogen-bond donors (Lipinski definition) is 0. The molecule has 1 aliphatic rings. The van der Waals surface area contributed by atoms with Crippen molar-refractivity contribution >= 4 is 23.5 Å². The van der Waals surface area contributed by atoms with Gasteiger partial charge in [0.15, 0.2) is 0 Å². The summed E-state index contributed by atoms with van der Waals surface area (Å²) < 4.78 is 0. The molecule has 0 saturated carbocycles. The van der Waals surface area contributed by atoms with Crippen LogP contribution in [-0.4, -0.2) is 6.29 Å². The predicted octanol–water partition coefficient (Wildman–Crippen LogP) is 4.20. The molecule has 0 N–H and O–H groups in total. The van der Waals surface area contributed by atoms with Gasteiger partial charge in [-0.05, 0) is 35.3 Å². The van der Waals surface area contributed by atoms with Gasteiger partial charge >= 0.3 is 0 Å². The van der Waals surface area contributed by atoms with E-state index < -0.39 is 0 Å². The van der Waals surface area contributed by atoms with Crippen molar-refractivity contribution in [1.29, 1.82) is 0 Å². The van der Waals surface area contributed by atoms with Gasteiger partial charge in [-0.25, -0.2) is 0 Å². The Morgan fingerprint density at radius 2 is 1.94 bits per heavy atom. The van der Waals surface area contributed by atoms with Gasteiger partial charge in [-0.15, -0.1) is 0 Å². The molecule has 0 fully saturated rings. The quantitative estimate of drug-likeness (QED) is 0.729. The largest absolute Gasteiger partial charge is 0.303 e. The third-order valence-corrected chi connectivity index (χ3v) is 2.95. The number of allylic oxidation sites excluding steroid dienone is 6. The SMILES string of the molecule is O=CCC1=CC=C(c2ccc(Cl)cc2)CC=C1. The van der Waals surface area contributed by atoms with Crippen molar-refractivity contribution in [3.63, 3.8) is 0 Å². The van der Waals surface area contributed by atoms with E-state index in [1.165, 1.54) is 11.1 Å². The molecule has 0 atom stereocenters. The summed E-state index contributed by atoms with van der Waals surface area (Å²) in [7, 11) is 0. The van der Waals surface area contributed by atoms with Crippen LogP contribution < -0.4 is 0 Å². The van der Waals surface area contributed by atoms with Crippen LogP contribution in [0, 0.1) is 0 Å². The van der Waals surface area contributed by atoms with E-state index in [2.05, 4.69) is 12.2 Å². The van der Waals surface area contributed by atoms with Crippen LogP contribution in [0.4, 0.5) is 0 Å². The first kappa shape index (κ1) is 11.9. The van der Waals surface area contributed by atoms with E-state index in [1.807, 2.05) is 36.4 Å². The van der Waals surface area contributed by atoms with Crippen LogP contribution in [0.1, 0.15) is 18.4 Å². The molecule has 0 saturated heterocycles. The second kappa shape index (κ2) is 5.65. The number of hydrogen-bond acceptors (Lipinski definition) is 1. The maximum atomic E-state index is 10.5. The average Bonchev–Trinajstić information content (AvgIpc) is 2.56. The first-order chi connectivity index (χ1) is 8.29. The number of halogens is 1. The normalized spacial score (nSPS) is 14.9. The molecule has 0 amide bonds. The summed E-state index contributed by atoms with van der Waals surface area (Å²) in [5, 5.41) is 0.746. The van der Waals surface area contributed by atoms with E-state index in [-0.39, 0.29) is 0 Å². The van der Waals surface area contributed by atoms with Crippen LogP contribution in [0.2, 0.25) is 5.02 Å². The summed E-state index contributed by atoms with van der Waals surface area (Å²) in [5.74, 6) is 0. The van der Waals surface area contributed by atoms with Gasteiger partial charge in [-0.3, -0.25) is 0 Å². The van der Waals surface area contributed by atoms with Gasteiger partial charge in [-0.2, -0.15) is 0 Å². The van der Waals surface area contributed by atoms with Gasteiger partial charge in [0.25, 0.3) is 0 Å². The van der Waals surface area contributed by atoms with E-state index in [4.69, 9.17) is 11.6 Å². The fourth-order valence-corrected chi connectivity index (χ4v) is 1.90. The Morgan fingerprint density at radius 1 is 1.18 bits per heavy atom. The zero-order chi connectivity index (χ0) is 12.1. The lowest BCUT2D eigenvalue weighted by molar-refractivity contribution is -0.107. The van der Waals surface area contributed by atoms with Crippen LogP contribution in [0.15, 0.2) is 54.1 Å². The lowest BCUT2D eigenvalue weighted by Gasteiger charge is -2.03. The van der Waals surface area contributed by atoms with E-state index in [9.17, 15) is 4.79 Å². The van der Waals surface area contributed by atoms with Crippen molar-refractivity contribution in [3.8, 4) is 0 Å². The van der Waals surface area contributed by atoms with E-state index >= 15 is 0 Å². The molecule has 2 heteroatoms. The Balaban J connectivity index is 2.25. The van der Waals surface area contributed by atoms with Crippen LogP contribution in [0.3, 0.4) is 0 Å². The molecule has 0 unspecified atom stereocenters. The van der Waals surface area contributed by atoms with Gasteiger partial charge in [0, 0.05) is 11.4 Å². The highest BCUT2D eigenvalue weighted by atomic mass is 35.5. The summed E-state index contributed by atoms with van der Waals surface area (Å²) in [6.45, 7) is 0. The highest BCUT2D eigenvalue weighted by molar-refractivity contribution is 6.30. The number of aldehydes is 1. The molecule has 1 nitrogen and oxygen atoms in total. The number of benzene rings is 1. The molecule has 0 heterocycles. The zero-order valence-corrected chi connectivity index (χ0v) is 10.2. The standard InChI is InChI=1S/C15H13ClO/c16-15-8-6-14(7-9-15)13-3-1-2-12(4-5-13)10-11-17/h1-2,4-9,11H,3,10H2. The maximum Gasteiger partial charge on any atom is 0.124 e. The van der Waals surface area contributed by atoms with Crippen LogP contribution in [-0.2, 0) is 4.79 Å². The first-order valence-electron chi connectivity index (χ1n) is 5.55. The Bertz CT molecular complexity index is 492. The average molecular weight is 245 g/mol. The Labute approximate surface area is 106 Å². The van der Waals surface area contributed by atoms with Crippen molar-refractivity contribution in [3.05, 3.63) is 64.7 Å². The van der Waals surface area contributed by atoms with Gasteiger partial charge in [0.1, 0.15) is 6.29 Å². The smallest absolute Gasteiger partial charge is 0.124 e. The monoisotopic (exact) mass is 244 g/mol. The molecule has 17 heavy (non-hydrogen) atoms. The minimum absolute atomic E-state index is 0.473. The molecule has 0 aliphatic heterocycles. The summed E-state index contributed by atoms with van der Waals surface area (Å²) in [4.78, 5) is 10.5. The molecule has 86 valence electrons. The third kappa shape index (κ3) is 3.18. The highest BCUT2D eigenvalue weighted by Crippen LogP contribution is 2.23. The molecule has 2 rings (SSSR count). The molecular formula is C15H13ClO. The Kier molecular flexibility index (Phi) is 3.94. The minimum Gasteiger partial charge on any atom is -0.303 e. The van der Waals surface area contributed by atoms with Crippen LogP contribution >= 0.6 is 11.6 Å². The lowest BCUT2D eigenvalue weighted by atomic mass is 10.0. The molecule has 1 aromatic carbocycles. The predicted molar refractivity (Wildman–Crippen MR) is 72.0 cm³/mol. The first-order valence-corrected chi connectivity index (χ1v) is 5.93. The number of carbonyl (C=O) groups excluding carboxylic acids is 1. The maximum absolute atomic E-state index is 10.5. The second-order valence-corrected chi connectivity index (χ2v) is 4.35. The molecule has 0 aromatic heterocycles. The molecule has 1 aromatic rings. The van der Waals surface area contributed by atoms with Gasteiger partial charge in [0.2, 0.25) is 0 Å². The van der Waals surface area contributed by atoms with Crippen molar-refractivity contribution in [1.82, 2.24) is 0 Å². The third-order valence-electron chi connectivity index (χ3n) is 2.70.